The molecule has 1 fully saturated rings. The Morgan fingerprint density at radius 3 is 2.42 bits per heavy atom. The van der Waals surface area contributed by atoms with Gasteiger partial charge in [-0.15, -0.1) is 12.4 Å². The molecule has 2 heterocycles. The summed E-state index contributed by atoms with van der Waals surface area (Å²) >= 11 is 0. The predicted octanol–water partition coefficient (Wildman–Crippen LogP) is 5.45. The molecule has 1 aliphatic carbocycles. The summed E-state index contributed by atoms with van der Waals surface area (Å²) in [6.07, 6.45) is 10.0. The van der Waals surface area contributed by atoms with Gasteiger partial charge in [0.05, 0.1) is 16.8 Å². The van der Waals surface area contributed by atoms with Gasteiger partial charge in [0, 0.05) is 36.6 Å². The van der Waals surface area contributed by atoms with Crippen molar-refractivity contribution in [3.8, 4) is 11.1 Å². The first-order valence-corrected chi connectivity index (χ1v) is 10.8. The van der Waals surface area contributed by atoms with E-state index in [1.165, 1.54) is 12.8 Å². The Balaban J connectivity index is 0.00000272. The van der Waals surface area contributed by atoms with Gasteiger partial charge < -0.3 is 10.2 Å². The summed E-state index contributed by atoms with van der Waals surface area (Å²) in [4.78, 5) is 23.3. The minimum Gasteiger partial charge on any atom is -0.381 e. The molecule has 1 aliphatic rings. The van der Waals surface area contributed by atoms with E-state index >= 15 is 0 Å². The molecule has 0 radical (unpaired) electrons. The number of nitrogens with one attached hydrogen (secondary N) is 1. The van der Waals surface area contributed by atoms with Gasteiger partial charge in [-0.2, -0.15) is 0 Å². The first kappa shape index (κ1) is 23.2. The van der Waals surface area contributed by atoms with E-state index in [1.807, 2.05) is 18.2 Å². The second kappa shape index (κ2) is 10.2. The van der Waals surface area contributed by atoms with Gasteiger partial charge in [0.25, 0.3) is 0 Å². The van der Waals surface area contributed by atoms with Crippen LogP contribution in [-0.4, -0.2) is 47.3 Å². The molecule has 1 N–H and O–H groups in total. The zero-order valence-electron chi connectivity index (χ0n) is 18.5. The molecule has 0 atom stereocenters. The Kier molecular flexibility index (Phi) is 7.63. The van der Waals surface area contributed by atoms with Crippen molar-refractivity contribution in [1.82, 2.24) is 14.9 Å². The zero-order valence-corrected chi connectivity index (χ0v) is 19.3. The monoisotopic (exact) mass is 438 g/mol. The number of nitrogens with zero attached hydrogens (tertiary/aromatic N) is 3. The molecule has 0 unspecified atom stereocenters. The SMILES string of the molecule is CC(=O)c1cnc2ccc(-c3ccncc3)cc2c1NC1CCC(CN(C)C)CC1.Cl. The van der Waals surface area contributed by atoms with Crippen molar-refractivity contribution in [2.45, 2.75) is 38.6 Å². The Hall–Kier alpha value is -2.50. The van der Waals surface area contributed by atoms with Crippen molar-refractivity contribution in [1.29, 1.82) is 0 Å². The number of rotatable bonds is 6. The average molecular weight is 439 g/mol. The standard InChI is InChI=1S/C25H30N4O.ClH/c1-17(30)23-15-27-24-9-6-20(19-10-12-26-13-11-19)14-22(24)25(23)28-21-7-4-18(5-8-21)16-29(2)3;/h6,9-15,18,21H,4-5,7-8,16H2,1-3H3,(H,27,28);1H. The van der Waals surface area contributed by atoms with Crippen LogP contribution in [0.1, 0.15) is 43.0 Å². The number of carbonyl (C=O) groups is 1. The first-order valence-electron chi connectivity index (χ1n) is 10.8. The summed E-state index contributed by atoms with van der Waals surface area (Å²) < 4.78 is 0. The van der Waals surface area contributed by atoms with Crippen LogP contribution in [0.3, 0.4) is 0 Å². The first-order chi connectivity index (χ1) is 14.5. The molecule has 31 heavy (non-hydrogen) atoms. The Morgan fingerprint density at radius 2 is 1.77 bits per heavy atom. The molecule has 4 rings (SSSR count). The summed E-state index contributed by atoms with van der Waals surface area (Å²) in [5, 5.41) is 4.75. The van der Waals surface area contributed by atoms with Gasteiger partial charge in [0.15, 0.2) is 5.78 Å². The third-order valence-corrected chi connectivity index (χ3v) is 6.08. The number of pyridine rings is 2. The van der Waals surface area contributed by atoms with E-state index in [1.54, 1.807) is 25.5 Å². The van der Waals surface area contributed by atoms with Crippen molar-refractivity contribution in [2.24, 2.45) is 5.92 Å². The molecule has 3 aromatic rings. The fraction of sp³-hybridized carbons (Fsp3) is 0.400. The van der Waals surface area contributed by atoms with Crippen molar-refractivity contribution in [2.75, 3.05) is 26.0 Å². The maximum absolute atomic E-state index is 12.4. The van der Waals surface area contributed by atoms with E-state index in [-0.39, 0.29) is 18.2 Å². The zero-order chi connectivity index (χ0) is 21.1. The number of aromatic nitrogens is 2. The molecule has 0 bridgehead atoms. The van der Waals surface area contributed by atoms with Gasteiger partial charge >= 0.3 is 0 Å². The number of halogens is 1. The number of fused-ring (bicyclic) bond motifs is 1. The highest BCUT2D eigenvalue weighted by molar-refractivity contribution is 6.07. The number of carbonyl (C=O) groups excluding carboxylic acids is 1. The van der Waals surface area contributed by atoms with Crippen molar-refractivity contribution in [3.63, 3.8) is 0 Å². The second-order valence-corrected chi connectivity index (χ2v) is 8.70. The minimum atomic E-state index is 0. The lowest BCUT2D eigenvalue weighted by atomic mass is 9.85. The summed E-state index contributed by atoms with van der Waals surface area (Å²) in [6.45, 7) is 2.77. The quantitative estimate of drug-likeness (QED) is 0.518. The van der Waals surface area contributed by atoms with Crippen LogP contribution in [0.25, 0.3) is 22.0 Å². The minimum absolute atomic E-state index is 0. The molecule has 0 aliphatic heterocycles. The molecular formula is C25H31ClN4O. The summed E-state index contributed by atoms with van der Waals surface area (Å²) in [6, 6.07) is 10.6. The number of Topliss-reactive ketones (excluding diaryl/α,β-unsaturated/α-hetero) is 1. The lowest BCUT2D eigenvalue weighted by molar-refractivity contribution is 0.101. The molecule has 1 aromatic carbocycles. The van der Waals surface area contributed by atoms with Gasteiger partial charge in [-0.25, -0.2) is 0 Å². The summed E-state index contributed by atoms with van der Waals surface area (Å²) in [5.74, 6) is 0.806. The average Bonchev–Trinajstić information content (AvgIpc) is 2.75. The molecule has 164 valence electrons. The van der Waals surface area contributed by atoms with E-state index in [4.69, 9.17) is 0 Å². The van der Waals surface area contributed by atoms with E-state index in [0.717, 1.165) is 53.0 Å². The highest BCUT2D eigenvalue weighted by Crippen LogP contribution is 2.34. The van der Waals surface area contributed by atoms with Crippen molar-refractivity contribution < 1.29 is 4.79 Å². The van der Waals surface area contributed by atoms with Gasteiger partial charge in [0.2, 0.25) is 0 Å². The smallest absolute Gasteiger partial charge is 0.163 e. The Bertz CT molecular complexity index is 1030. The lowest BCUT2D eigenvalue weighted by Gasteiger charge is -2.32. The molecule has 2 aromatic heterocycles. The number of ketones is 1. The van der Waals surface area contributed by atoms with Gasteiger partial charge in [-0.05, 0) is 88.0 Å². The van der Waals surface area contributed by atoms with Gasteiger partial charge in [0.1, 0.15) is 0 Å². The topological polar surface area (TPSA) is 58.1 Å². The van der Waals surface area contributed by atoms with Crippen LogP contribution in [0.2, 0.25) is 0 Å². The van der Waals surface area contributed by atoms with Crippen molar-refractivity contribution in [3.05, 3.63) is 54.5 Å². The van der Waals surface area contributed by atoms with E-state index < -0.39 is 0 Å². The maximum atomic E-state index is 12.4. The highest BCUT2D eigenvalue weighted by Gasteiger charge is 2.23. The predicted molar refractivity (Wildman–Crippen MR) is 130 cm³/mol. The van der Waals surface area contributed by atoms with Crippen LogP contribution in [0.15, 0.2) is 48.9 Å². The van der Waals surface area contributed by atoms with Crippen LogP contribution in [0.5, 0.6) is 0 Å². The van der Waals surface area contributed by atoms with Crippen LogP contribution in [-0.2, 0) is 0 Å². The third-order valence-electron chi connectivity index (χ3n) is 6.08. The molecular weight excluding hydrogens is 408 g/mol. The van der Waals surface area contributed by atoms with E-state index in [2.05, 4.69) is 46.4 Å². The summed E-state index contributed by atoms with van der Waals surface area (Å²) in [7, 11) is 4.29. The van der Waals surface area contributed by atoms with Crippen molar-refractivity contribution >= 4 is 34.8 Å². The maximum Gasteiger partial charge on any atom is 0.163 e. The van der Waals surface area contributed by atoms with Crippen LogP contribution >= 0.6 is 12.4 Å². The number of anilines is 1. The fourth-order valence-corrected chi connectivity index (χ4v) is 4.55. The number of benzene rings is 1. The van der Waals surface area contributed by atoms with Gasteiger partial charge in [-0.1, -0.05) is 6.07 Å². The number of hydrogen-bond acceptors (Lipinski definition) is 5. The second-order valence-electron chi connectivity index (χ2n) is 8.70. The Morgan fingerprint density at radius 1 is 1.06 bits per heavy atom. The molecule has 0 saturated heterocycles. The molecule has 5 nitrogen and oxygen atoms in total. The highest BCUT2D eigenvalue weighted by atomic mass is 35.5. The van der Waals surface area contributed by atoms with E-state index in [9.17, 15) is 4.79 Å². The van der Waals surface area contributed by atoms with Crippen LogP contribution in [0, 0.1) is 5.92 Å². The van der Waals surface area contributed by atoms with Crippen LogP contribution < -0.4 is 5.32 Å². The third kappa shape index (κ3) is 5.41. The molecule has 1 saturated carbocycles. The number of hydrogen-bond donors (Lipinski definition) is 1. The largest absolute Gasteiger partial charge is 0.381 e. The summed E-state index contributed by atoms with van der Waals surface area (Å²) in [5.41, 5.74) is 4.71. The van der Waals surface area contributed by atoms with E-state index in [0.29, 0.717) is 11.6 Å². The van der Waals surface area contributed by atoms with Crippen LogP contribution in [0.4, 0.5) is 5.69 Å². The lowest BCUT2D eigenvalue weighted by Crippen LogP contribution is -2.31. The van der Waals surface area contributed by atoms with Gasteiger partial charge in [-0.3, -0.25) is 14.8 Å². The fourth-order valence-electron chi connectivity index (χ4n) is 4.55. The molecule has 0 amide bonds. The Labute approximate surface area is 190 Å². The normalized spacial score (nSPS) is 18.6. The molecule has 6 heteroatoms. The molecule has 0 spiro atoms.